The van der Waals surface area contributed by atoms with Crippen LogP contribution in [-0.4, -0.2) is 33.2 Å². The zero-order valence-electron chi connectivity index (χ0n) is 21.4. The van der Waals surface area contributed by atoms with Crippen LogP contribution in [0.3, 0.4) is 0 Å². The van der Waals surface area contributed by atoms with Gasteiger partial charge in [0.15, 0.2) is 5.16 Å². The van der Waals surface area contributed by atoms with Crippen LogP contribution < -0.4 is 15.2 Å². The smallest absolute Gasteiger partial charge is 0.416 e. The molecule has 5 aromatic rings. The first-order valence-corrected chi connectivity index (χ1v) is 13.6. The van der Waals surface area contributed by atoms with Crippen molar-refractivity contribution in [3.63, 3.8) is 0 Å². The number of aromatic nitrogens is 4. The minimum Gasteiger partial charge on any atom is -0.496 e. The number of ether oxygens (including phenoxy) is 1. The van der Waals surface area contributed by atoms with E-state index in [9.17, 15) is 18.0 Å². The second-order valence-corrected chi connectivity index (χ2v) is 10.3. The van der Waals surface area contributed by atoms with E-state index in [1.54, 1.807) is 11.7 Å². The van der Waals surface area contributed by atoms with Gasteiger partial charge in [0.1, 0.15) is 5.75 Å². The average molecular weight is 564 g/mol. The van der Waals surface area contributed by atoms with Crippen LogP contribution in [0.15, 0.2) is 82.7 Å². The number of H-pyrrole nitrogens is 1. The van der Waals surface area contributed by atoms with E-state index >= 15 is 0 Å². The van der Waals surface area contributed by atoms with Gasteiger partial charge in [0, 0.05) is 24.3 Å². The van der Waals surface area contributed by atoms with Crippen molar-refractivity contribution in [1.29, 1.82) is 0 Å². The van der Waals surface area contributed by atoms with Crippen LogP contribution in [0.2, 0.25) is 0 Å². The number of halogens is 3. The zero-order chi connectivity index (χ0) is 27.9. The second-order valence-electron chi connectivity index (χ2n) is 9.36. The summed E-state index contributed by atoms with van der Waals surface area (Å²) in [4.78, 5) is 28.3. The molecule has 11 heteroatoms. The van der Waals surface area contributed by atoms with E-state index < -0.39 is 11.7 Å². The van der Waals surface area contributed by atoms with Gasteiger partial charge in [-0.2, -0.15) is 13.2 Å². The molecule has 3 aromatic carbocycles. The lowest BCUT2D eigenvalue weighted by molar-refractivity contribution is -0.137. The molecule has 0 aliphatic carbocycles. The normalized spacial score (nSPS) is 13.4. The molecule has 1 N–H and O–H groups in total. The number of methoxy groups -OCH3 is 1. The molecule has 3 heterocycles. The first kappa shape index (κ1) is 26.0. The number of rotatable bonds is 6. The van der Waals surface area contributed by atoms with Gasteiger partial charge >= 0.3 is 6.18 Å². The number of anilines is 1. The van der Waals surface area contributed by atoms with Crippen molar-refractivity contribution in [2.75, 3.05) is 18.6 Å². The molecule has 0 spiro atoms. The number of imidazole rings is 1. The minimum absolute atomic E-state index is 0.182. The standard InChI is InChI=1S/C29H24F3N5O2S/c1-39-25-10-6-5-7-18(25)17-40-28-35-22-13-14-36(16-21(22)26(38)37(28)20-8-3-2-4-9-20)27-33-23-12-11-19(29(30,31)32)15-24(23)34-27/h2-12,15H,13-14,16-17H2,1H3,(H,33,34). The Labute approximate surface area is 231 Å². The maximum atomic E-state index is 14.0. The molecule has 6 rings (SSSR count). The number of hydrogen-bond donors (Lipinski definition) is 1. The molecule has 0 fully saturated rings. The highest BCUT2D eigenvalue weighted by atomic mass is 32.2. The lowest BCUT2D eigenvalue weighted by Crippen LogP contribution is -2.38. The van der Waals surface area contributed by atoms with Gasteiger partial charge in [-0.1, -0.05) is 48.2 Å². The first-order chi connectivity index (χ1) is 19.3. The van der Waals surface area contributed by atoms with Crippen molar-refractivity contribution < 1.29 is 17.9 Å². The van der Waals surface area contributed by atoms with Crippen molar-refractivity contribution in [3.8, 4) is 11.4 Å². The van der Waals surface area contributed by atoms with Crippen LogP contribution in [0, 0.1) is 0 Å². The van der Waals surface area contributed by atoms with E-state index in [4.69, 9.17) is 9.72 Å². The van der Waals surface area contributed by atoms with Crippen molar-refractivity contribution in [3.05, 3.63) is 106 Å². The molecular weight excluding hydrogens is 539 g/mol. The van der Waals surface area contributed by atoms with E-state index in [2.05, 4.69) is 9.97 Å². The Morgan fingerprint density at radius 1 is 1.02 bits per heavy atom. The predicted octanol–water partition coefficient (Wildman–Crippen LogP) is 5.99. The van der Waals surface area contributed by atoms with Crippen molar-refractivity contribution in [1.82, 2.24) is 19.5 Å². The fourth-order valence-corrected chi connectivity index (χ4v) is 5.84. The molecule has 0 saturated carbocycles. The highest BCUT2D eigenvalue weighted by Gasteiger charge is 2.31. The van der Waals surface area contributed by atoms with Crippen molar-refractivity contribution in [2.45, 2.75) is 30.1 Å². The molecule has 0 bridgehead atoms. The topological polar surface area (TPSA) is 76.0 Å². The Balaban J connectivity index is 1.36. The largest absolute Gasteiger partial charge is 0.496 e. The van der Waals surface area contributed by atoms with E-state index in [0.717, 1.165) is 23.4 Å². The third-order valence-corrected chi connectivity index (χ3v) is 7.85. The van der Waals surface area contributed by atoms with Gasteiger partial charge in [-0.05, 0) is 36.4 Å². The molecule has 1 aliphatic heterocycles. The van der Waals surface area contributed by atoms with E-state index in [1.807, 2.05) is 59.5 Å². The summed E-state index contributed by atoms with van der Waals surface area (Å²) in [5, 5.41) is 0.581. The number of aromatic amines is 1. The summed E-state index contributed by atoms with van der Waals surface area (Å²) < 4.78 is 46.7. The second kappa shape index (κ2) is 10.4. The molecule has 1 aliphatic rings. The van der Waals surface area contributed by atoms with Crippen molar-refractivity contribution >= 4 is 28.7 Å². The summed E-state index contributed by atoms with van der Waals surface area (Å²) in [6.07, 6.45) is -3.95. The molecule has 7 nitrogen and oxygen atoms in total. The number of fused-ring (bicyclic) bond motifs is 2. The number of nitrogens with one attached hydrogen (secondary N) is 1. The van der Waals surface area contributed by atoms with Gasteiger partial charge in [-0.15, -0.1) is 0 Å². The summed E-state index contributed by atoms with van der Waals surface area (Å²) in [7, 11) is 1.63. The zero-order valence-corrected chi connectivity index (χ0v) is 22.2. The molecular formula is C29H24F3N5O2S. The number of hydrogen-bond acceptors (Lipinski definition) is 6. The lowest BCUT2D eigenvalue weighted by atomic mass is 10.1. The summed E-state index contributed by atoms with van der Waals surface area (Å²) >= 11 is 1.46. The third-order valence-electron chi connectivity index (χ3n) is 6.86. The maximum absolute atomic E-state index is 14.0. The van der Waals surface area contributed by atoms with Crippen molar-refractivity contribution in [2.24, 2.45) is 0 Å². The quantitative estimate of drug-likeness (QED) is 0.202. The van der Waals surface area contributed by atoms with E-state index in [0.29, 0.717) is 57.8 Å². The molecule has 40 heavy (non-hydrogen) atoms. The van der Waals surface area contributed by atoms with Gasteiger partial charge in [0.05, 0.1) is 47.2 Å². The Bertz CT molecular complexity index is 1750. The van der Waals surface area contributed by atoms with Crippen LogP contribution >= 0.6 is 11.8 Å². The lowest BCUT2D eigenvalue weighted by Gasteiger charge is -2.28. The Morgan fingerprint density at radius 2 is 1.80 bits per heavy atom. The van der Waals surface area contributed by atoms with Crippen LogP contribution in [-0.2, 0) is 24.9 Å². The van der Waals surface area contributed by atoms with Gasteiger partial charge in [0.25, 0.3) is 5.56 Å². The van der Waals surface area contributed by atoms with E-state index in [1.165, 1.54) is 17.8 Å². The maximum Gasteiger partial charge on any atom is 0.416 e. The summed E-state index contributed by atoms with van der Waals surface area (Å²) in [5.41, 5.74) is 2.73. The number of alkyl halides is 3. The fraction of sp³-hybridized carbons (Fsp3) is 0.207. The summed E-state index contributed by atoms with van der Waals surface area (Å²) in [6, 6.07) is 20.5. The fourth-order valence-electron chi connectivity index (χ4n) is 4.82. The number of thioether (sulfide) groups is 1. The number of nitrogens with zero attached hydrogens (tertiary/aromatic N) is 4. The average Bonchev–Trinajstić information content (AvgIpc) is 3.40. The molecule has 0 amide bonds. The Morgan fingerprint density at radius 3 is 2.58 bits per heavy atom. The Kier molecular flexibility index (Phi) is 6.75. The molecule has 2 aromatic heterocycles. The summed E-state index contributed by atoms with van der Waals surface area (Å²) in [6.45, 7) is 0.745. The molecule has 204 valence electrons. The molecule has 0 saturated heterocycles. The molecule has 0 radical (unpaired) electrons. The van der Waals surface area contributed by atoms with Crippen LogP contribution in [0.4, 0.5) is 19.1 Å². The van der Waals surface area contributed by atoms with Gasteiger partial charge in [-0.3, -0.25) is 9.36 Å². The Hall–Kier alpha value is -4.25. The number of para-hydroxylation sites is 2. The summed E-state index contributed by atoms with van der Waals surface area (Å²) in [5.74, 6) is 1.75. The van der Waals surface area contributed by atoms with Crippen LogP contribution in [0.25, 0.3) is 16.7 Å². The van der Waals surface area contributed by atoms with Crippen LogP contribution in [0.1, 0.15) is 22.4 Å². The number of benzene rings is 3. The predicted molar refractivity (Wildman–Crippen MR) is 148 cm³/mol. The highest BCUT2D eigenvalue weighted by molar-refractivity contribution is 7.98. The third kappa shape index (κ3) is 4.92. The monoisotopic (exact) mass is 563 g/mol. The van der Waals surface area contributed by atoms with Gasteiger partial charge in [-0.25, -0.2) is 9.97 Å². The van der Waals surface area contributed by atoms with Gasteiger partial charge in [0.2, 0.25) is 5.95 Å². The highest BCUT2D eigenvalue weighted by Crippen LogP contribution is 2.33. The van der Waals surface area contributed by atoms with E-state index in [-0.39, 0.29) is 12.1 Å². The molecule has 0 atom stereocenters. The van der Waals surface area contributed by atoms with Gasteiger partial charge < -0.3 is 14.6 Å². The SMILES string of the molecule is COc1ccccc1CSc1nc2c(c(=O)n1-c1ccccc1)CN(c1nc3ccc(C(F)(F)F)cc3[nH]1)CC2. The van der Waals surface area contributed by atoms with Crippen LogP contribution in [0.5, 0.6) is 5.75 Å². The first-order valence-electron chi connectivity index (χ1n) is 12.6. The minimum atomic E-state index is -4.45. The molecule has 0 unspecified atom stereocenters.